The Labute approximate surface area is 159 Å². The third-order valence-corrected chi connectivity index (χ3v) is 4.75. The maximum Gasteiger partial charge on any atom is 0.253 e. The molecule has 26 heavy (non-hydrogen) atoms. The Morgan fingerprint density at radius 3 is 2.35 bits per heavy atom. The predicted octanol–water partition coefficient (Wildman–Crippen LogP) is 2.74. The van der Waals surface area contributed by atoms with Crippen LogP contribution in [-0.4, -0.2) is 46.1 Å². The van der Waals surface area contributed by atoms with Crippen molar-refractivity contribution in [3.63, 3.8) is 0 Å². The van der Waals surface area contributed by atoms with Crippen LogP contribution in [-0.2, 0) is 10.0 Å². The highest BCUT2D eigenvalue weighted by atomic mass is 35.5. The fraction of sp³-hybridized carbons (Fsp3) is 0.278. The van der Waals surface area contributed by atoms with E-state index in [-0.39, 0.29) is 23.2 Å². The molecule has 0 radical (unpaired) electrons. The van der Waals surface area contributed by atoms with Gasteiger partial charge in [0, 0.05) is 11.6 Å². The summed E-state index contributed by atoms with van der Waals surface area (Å²) in [5.74, 6) is -0.365. The number of hydrogen-bond donors (Lipinski definition) is 2. The molecule has 6 nitrogen and oxygen atoms in total. The van der Waals surface area contributed by atoms with Crippen LogP contribution < -0.4 is 10.0 Å². The maximum absolute atomic E-state index is 12.6. The number of likely N-dealkylation sites (N-methyl/N-ethyl adjacent to an activating group) is 1. The third kappa shape index (κ3) is 5.45. The number of nitrogens with zero attached hydrogens (tertiary/aromatic N) is 1. The largest absolute Gasteiger partial charge is 0.350 e. The molecule has 8 heteroatoms. The molecule has 0 heterocycles. The van der Waals surface area contributed by atoms with Crippen molar-refractivity contribution < 1.29 is 13.2 Å². The van der Waals surface area contributed by atoms with Crippen LogP contribution in [0.2, 0.25) is 5.02 Å². The Morgan fingerprint density at radius 1 is 1.12 bits per heavy atom. The Hall–Kier alpha value is -2.09. The second kappa shape index (κ2) is 8.53. The lowest BCUT2D eigenvalue weighted by Gasteiger charge is -2.26. The molecule has 0 bridgehead atoms. The minimum atomic E-state index is -3.48. The third-order valence-electron chi connectivity index (χ3n) is 3.81. The smallest absolute Gasteiger partial charge is 0.253 e. The lowest BCUT2D eigenvalue weighted by molar-refractivity contribution is 0.0943. The van der Waals surface area contributed by atoms with Crippen LogP contribution in [0.4, 0.5) is 5.69 Å². The van der Waals surface area contributed by atoms with Gasteiger partial charge in [0.2, 0.25) is 10.0 Å². The topological polar surface area (TPSA) is 78.5 Å². The number of hydrogen-bond acceptors (Lipinski definition) is 4. The highest BCUT2D eigenvalue weighted by molar-refractivity contribution is 7.92. The van der Waals surface area contributed by atoms with Crippen LogP contribution in [0, 0.1) is 0 Å². The molecule has 0 saturated heterocycles. The van der Waals surface area contributed by atoms with E-state index in [9.17, 15) is 13.2 Å². The number of halogens is 1. The van der Waals surface area contributed by atoms with Crippen LogP contribution >= 0.6 is 11.6 Å². The first kappa shape index (κ1) is 20.2. The normalized spacial score (nSPS) is 12.7. The second-order valence-electron chi connectivity index (χ2n) is 6.13. The molecule has 0 saturated carbocycles. The highest BCUT2D eigenvalue weighted by Crippen LogP contribution is 2.25. The molecule has 1 amide bonds. The number of carbonyl (C=O) groups is 1. The molecule has 1 unspecified atom stereocenters. The van der Waals surface area contributed by atoms with Crippen molar-refractivity contribution in [2.45, 2.75) is 6.04 Å². The summed E-state index contributed by atoms with van der Waals surface area (Å²) in [5, 5.41) is 3.48. The molecular formula is C18H22ClN3O3S. The van der Waals surface area contributed by atoms with Crippen molar-refractivity contribution in [3.05, 3.63) is 64.7 Å². The number of rotatable bonds is 7. The number of para-hydroxylation sites is 1. The SMILES string of the molecule is CN(C)C(CNC(=O)c1ccccc1NS(C)(=O)=O)c1ccccc1Cl. The van der Waals surface area contributed by atoms with Gasteiger partial charge in [-0.3, -0.25) is 9.52 Å². The quantitative estimate of drug-likeness (QED) is 0.755. The second-order valence-corrected chi connectivity index (χ2v) is 8.29. The minimum Gasteiger partial charge on any atom is -0.350 e. The summed E-state index contributed by atoms with van der Waals surface area (Å²) in [7, 11) is 0.322. The molecule has 0 aromatic heterocycles. The van der Waals surface area contributed by atoms with Gasteiger partial charge in [-0.15, -0.1) is 0 Å². The van der Waals surface area contributed by atoms with Crippen molar-refractivity contribution in [2.24, 2.45) is 0 Å². The zero-order valence-electron chi connectivity index (χ0n) is 14.9. The molecule has 0 fully saturated rings. The van der Waals surface area contributed by atoms with E-state index in [2.05, 4.69) is 10.0 Å². The van der Waals surface area contributed by atoms with Gasteiger partial charge in [-0.1, -0.05) is 41.9 Å². The van der Waals surface area contributed by atoms with Gasteiger partial charge in [-0.05, 0) is 37.9 Å². The molecule has 2 aromatic carbocycles. The van der Waals surface area contributed by atoms with E-state index in [1.165, 1.54) is 0 Å². The van der Waals surface area contributed by atoms with Gasteiger partial charge < -0.3 is 10.2 Å². The van der Waals surface area contributed by atoms with Crippen LogP contribution in [0.25, 0.3) is 0 Å². The lowest BCUT2D eigenvalue weighted by atomic mass is 10.1. The molecule has 1 atom stereocenters. The number of sulfonamides is 1. The molecule has 140 valence electrons. The Kier molecular flexibility index (Phi) is 6.63. The molecule has 2 rings (SSSR count). The first-order valence-electron chi connectivity index (χ1n) is 7.95. The van der Waals surface area contributed by atoms with E-state index in [1.54, 1.807) is 30.3 Å². The Bertz CT molecular complexity index is 885. The van der Waals surface area contributed by atoms with Gasteiger partial charge in [-0.2, -0.15) is 0 Å². The summed E-state index contributed by atoms with van der Waals surface area (Å²) in [5.41, 5.74) is 1.41. The fourth-order valence-electron chi connectivity index (χ4n) is 2.57. The summed E-state index contributed by atoms with van der Waals surface area (Å²) in [4.78, 5) is 14.6. The van der Waals surface area contributed by atoms with Crippen molar-refractivity contribution in [1.29, 1.82) is 0 Å². The molecule has 0 aliphatic carbocycles. The van der Waals surface area contributed by atoms with E-state index >= 15 is 0 Å². The maximum atomic E-state index is 12.6. The summed E-state index contributed by atoms with van der Waals surface area (Å²) >= 11 is 6.28. The first-order valence-corrected chi connectivity index (χ1v) is 10.2. The monoisotopic (exact) mass is 395 g/mol. The van der Waals surface area contributed by atoms with Crippen LogP contribution in [0.5, 0.6) is 0 Å². The van der Waals surface area contributed by atoms with Crippen LogP contribution in [0.3, 0.4) is 0 Å². The number of anilines is 1. The van der Waals surface area contributed by atoms with E-state index in [1.807, 2.05) is 37.2 Å². The van der Waals surface area contributed by atoms with Gasteiger partial charge in [0.15, 0.2) is 0 Å². The zero-order chi connectivity index (χ0) is 19.3. The van der Waals surface area contributed by atoms with Gasteiger partial charge in [-0.25, -0.2) is 8.42 Å². The van der Waals surface area contributed by atoms with E-state index < -0.39 is 10.0 Å². The number of amides is 1. The number of nitrogens with one attached hydrogen (secondary N) is 2. The fourth-order valence-corrected chi connectivity index (χ4v) is 3.41. The van der Waals surface area contributed by atoms with Gasteiger partial charge >= 0.3 is 0 Å². The standard InChI is InChI=1S/C18H22ClN3O3S/c1-22(2)17(13-8-4-6-10-15(13)19)12-20-18(23)14-9-5-7-11-16(14)21-26(3,24)25/h4-11,17,21H,12H2,1-3H3,(H,20,23). The predicted molar refractivity (Wildman–Crippen MR) is 105 cm³/mol. The highest BCUT2D eigenvalue weighted by Gasteiger charge is 2.19. The average molecular weight is 396 g/mol. The van der Waals surface area contributed by atoms with Crippen molar-refractivity contribution >= 4 is 33.2 Å². The molecule has 0 spiro atoms. The summed E-state index contributed by atoms with van der Waals surface area (Å²) < 4.78 is 25.3. The van der Waals surface area contributed by atoms with Crippen molar-refractivity contribution in [3.8, 4) is 0 Å². The Morgan fingerprint density at radius 2 is 1.73 bits per heavy atom. The van der Waals surface area contributed by atoms with E-state index in [0.29, 0.717) is 11.6 Å². The summed E-state index contributed by atoms with van der Waals surface area (Å²) in [6, 6.07) is 13.8. The van der Waals surface area contributed by atoms with Crippen LogP contribution in [0.1, 0.15) is 22.0 Å². The van der Waals surface area contributed by atoms with Gasteiger partial charge in [0.1, 0.15) is 0 Å². The van der Waals surface area contributed by atoms with Crippen molar-refractivity contribution in [2.75, 3.05) is 31.6 Å². The summed E-state index contributed by atoms with van der Waals surface area (Å²) in [6.45, 7) is 0.322. The lowest BCUT2D eigenvalue weighted by Crippen LogP contribution is -2.35. The molecule has 0 aliphatic rings. The minimum absolute atomic E-state index is 0.123. The number of benzene rings is 2. The molecule has 2 aromatic rings. The summed E-state index contributed by atoms with van der Waals surface area (Å²) in [6.07, 6.45) is 1.04. The van der Waals surface area contributed by atoms with Crippen molar-refractivity contribution in [1.82, 2.24) is 10.2 Å². The van der Waals surface area contributed by atoms with E-state index in [4.69, 9.17) is 11.6 Å². The van der Waals surface area contributed by atoms with Gasteiger partial charge in [0.25, 0.3) is 5.91 Å². The molecule has 2 N–H and O–H groups in total. The molecular weight excluding hydrogens is 374 g/mol. The number of carbonyl (C=O) groups excluding carboxylic acids is 1. The van der Waals surface area contributed by atoms with E-state index in [0.717, 1.165) is 11.8 Å². The zero-order valence-corrected chi connectivity index (χ0v) is 16.4. The molecule has 0 aliphatic heterocycles. The average Bonchev–Trinajstić information content (AvgIpc) is 2.55. The van der Waals surface area contributed by atoms with Crippen LogP contribution in [0.15, 0.2) is 48.5 Å². The van der Waals surface area contributed by atoms with Gasteiger partial charge in [0.05, 0.1) is 23.5 Å². The first-order chi connectivity index (χ1) is 12.2. The Balaban J connectivity index is 2.18.